The Balaban J connectivity index is 0.00000625. The van der Waals surface area contributed by atoms with E-state index < -0.39 is 10.0 Å². The molecule has 0 unspecified atom stereocenters. The molecule has 1 aromatic rings. The molecule has 0 bridgehead atoms. The van der Waals surface area contributed by atoms with E-state index >= 15 is 0 Å². The van der Waals surface area contributed by atoms with Gasteiger partial charge in [-0.2, -0.15) is 0 Å². The van der Waals surface area contributed by atoms with Crippen molar-refractivity contribution < 1.29 is 8.42 Å². The van der Waals surface area contributed by atoms with E-state index in [1.807, 2.05) is 14.0 Å². The van der Waals surface area contributed by atoms with Crippen molar-refractivity contribution in [1.29, 1.82) is 0 Å². The number of hydrogen-bond donors (Lipinski definition) is 2. The first-order valence-electron chi connectivity index (χ1n) is 8.18. The normalized spacial score (nSPS) is 12.2. The van der Waals surface area contributed by atoms with Crippen molar-refractivity contribution in [3.8, 4) is 0 Å². The van der Waals surface area contributed by atoms with Gasteiger partial charge in [-0.3, -0.25) is 0 Å². The van der Waals surface area contributed by atoms with Crippen LogP contribution in [0.15, 0.2) is 11.1 Å². The summed E-state index contributed by atoms with van der Waals surface area (Å²) in [5.74, 6) is 0.778. The predicted octanol–water partition coefficient (Wildman–Crippen LogP) is 2.68. The van der Waals surface area contributed by atoms with E-state index in [2.05, 4.69) is 15.6 Å². The highest BCUT2D eigenvalue weighted by atomic mass is 127. The second-order valence-electron chi connectivity index (χ2n) is 5.53. The molecule has 0 fully saturated rings. The smallest absolute Gasteiger partial charge is 0.213 e. The minimum atomic E-state index is -3.13. The average molecular weight is 540 g/mol. The Labute approximate surface area is 183 Å². The predicted molar refractivity (Wildman–Crippen MR) is 120 cm³/mol. The third kappa shape index (κ3) is 7.79. The highest BCUT2D eigenvalue weighted by Crippen LogP contribution is 2.25. The van der Waals surface area contributed by atoms with Gasteiger partial charge in [0.05, 0.1) is 17.3 Å². The first-order valence-corrected chi connectivity index (χ1v) is 10.5. The molecule has 7 nitrogen and oxygen atoms in total. The third-order valence-electron chi connectivity index (χ3n) is 3.74. The first-order chi connectivity index (χ1) is 11.7. The molecule has 0 saturated heterocycles. The summed E-state index contributed by atoms with van der Waals surface area (Å²) in [6, 6.07) is 1.79. The van der Waals surface area contributed by atoms with Crippen LogP contribution in [0.1, 0.15) is 26.0 Å². The van der Waals surface area contributed by atoms with Gasteiger partial charge in [0.25, 0.3) is 0 Å². The fourth-order valence-electron chi connectivity index (χ4n) is 2.11. The maximum Gasteiger partial charge on any atom is 0.213 e. The van der Waals surface area contributed by atoms with Gasteiger partial charge in [0, 0.05) is 39.4 Å². The Hall–Kier alpha value is -0.230. The molecule has 0 atom stereocenters. The van der Waals surface area contributed by atoms with Gasteiger partial charge in [0.2, 0.25) is 10.0 Å². The van der Waals surface area contributed by atoms with Crippen molar-refractivity contribution in [2.75, 3.05) is 32.4 Å². The van der Waals surface area contributed by atoms with Crippen LogP contribution in [0.4, 0.5) is 0 Å². The van der Waals surface area contributed by atoms with Gasteiger partial charge < -0.3 is 15.2 Å². The highest BCUT2D eigenvalue weighted by molar-refractivity contribution is 14.0. The molecule has 0 spiro atoms. The fourth-order valence-corrected chi connectivity index (χ4v) is 3.37. The molecular formula is C15H28Cl2IN5O2S. The summed E-state index contributed by atoms with van der Waals surface area (Å²) in [4.78, 5) is 4.51. The summed E-state index contributed by atoms with van der Waals surface area (Å²) >= 11 is 12.1. The number of sulfonamides is 1. The number of halogens is 3. The van der Waals surface area contributed by atoms with Crippen LogP contribution in [0.3, 0.4) is 0 Å². The minimum Gasteiger partial charge on any atom is -0.357 e. The zero-order valence-electron chi connectivity index (χ0n) is 15.6. The second-order valence-corrected chi connectivity index (χ2v) is 8.66. The van der Waals surface area contributed by atoms with Crippen molar-refractivity contribution in [3.63, 3.8) is 0 Å². The van der Waals surface area contributed by atoms with E-state index in [1.54, 1.807) is 24.6 Å². The van der Waals surface area contributed by atoms with E-state index in [4.69, 9.17) is 23.2 Å². The zero-order chi connectivity index (χ0) is 19.0. The van der Waals surface area contributed by atoms with E-state index in [9.17, 15) is 8.42 Å². The molecule has 0 saturated carbocycles. The quantitative estimate of drug-likeness (QED) is 0.219. The van der Waals surface area contributed by atoms with Gasteiger partial charge >= 0.3 is 0 Å². The number of rotatable bonds is 9. The Morgan fingerprint density at radius 3 is 2.46 bits per heavy atom. The summed E-state index contributed by atoms with van der Waals surface area (Å²) in [6.07, 6.45) is 0.682. The van der Waals surface area contributed by atoms with Crippen LogP contribution >= 0.6 is 47.2 Å². The monoisotopic (exact) mass is 539 g/mol. The van der Waals surface area contributed by atoms with Crippen molar-refractivity contribution in [2.45, 2.75) is 26.8 Å². The van der Waals surface area contributed by atoms with E-state index in [1.165, 1.54) is 4.31 Å². The highest BCUT2D eigenvalue weighted by Gasteiger charge is 2.14. The molecular weight excluding hydrogens is 512 g/mol. The van der Waals surface area contributed by atoms with Gasteiger partial charge in [-0.1, -0.05) is 23.2 Å². The number of hydrogen-bond acceptors (Lipinski definition) is 3. The van der Waals surface area contributed by atoms with Gasteiger partial charge in [0.1, 0.15) is 5.15 Å². The molecule has 0 amide bonds. The maximum absolute atomic E-state index is 11.7. The van der Waals surface area contributed by atoms with E-state index in [0.29, 0.717) is 42.2 Å². The molecule has 1 heterocycles. The Bertz CT molecular complexity index is 694. The minimum absolute atomic E-state index is 0. The van der Waals surface area contributed by atoms with Crippen LogP contribution < -0.4 is 10.6 Å². The molecule has 0 aromatic carbocycles. The summed E-state index contributed by atoms with van der Waals surface area (Å²) < 4.78 is 26.6. The molecule has 26 heavy (non-hydrogen) atoms. The van der Waals surface area contributed by atoms with Crippen LogP contribution in [-0.4, -0.2) is 55.7 Å². The van der Waals surface area contributed by atoms with Crippen molar-refractivity contribution >= 4 is 63.2 Å². The molecule has 1 rings (SSSR count). The lowest BCUT2D eigenvalue weighted by atomic mass is 10.4. The van der Waals surface area contributed by atoms with Crippen molar-refractivity contribution in [3.05, 3.63) is 21.9 Å². The molecule has 11 heteroatoms. The largest absolute Gasteiger partial charge is 0.357 e. The number of nitrogens with zero attached hydrogens (tertiary/aromatic N) is 3. The van der Waals surface area contributed by atoms with Crippen LogP contribution in [0, 0.1) is 0 Å². The van der Waals surface area contributed by atoms with Gasteiger partial charge in [-0.25, -0.2) is 17.7 Å². The number of nitrogens with one attached hydrogen (secondary N) is 2. The molecule has 0 radical (unpaired) electrons. The molecule has 0 aliphatic heterocycles. The molecule has 0 aliphatic rings. The van der Waals surface area contributed by atoms with Crippen LogP contribution in [0.25, 0.3) is 0 Å². The lowest BCUT2D eigenvalue weighted by Gasteiger charge is -2.16. The lowest BCUT2D eigenvalue weighted by molar-refractivity contribution is 0.461. The van der Waals surface area contributed by atoms with Crippen molar-refractivity contribution in [2.24, 2.45) is 12.0 Å². The fraction of sp³-hybridized carbons (Fsp3) is 0.667. The Kier molecular flexibility index (Phi) is 12.2. The van der Waals surface area contributed by atoms with Crippen LogP contribution in [-0.2, 0) is 23.6 Å². The summed E-state index contributed by atoms with van der Waals surface area (Å²) in [5.41, 5.74) is 0.904. The van der Waals surface area contributed by atoms with E-state index in [-0.39, 0.29) is 29.7 Å². The third-order valence-corrected chi connectivity index (χ3v) is 6.44. The van der Waals surface area contributed by atoms with Crippen molar-refractivity contribution in [1.82, 2.24) is 19.5 Å². The summed E-state index contributed by atoms with van der Waals surface area (Å²) in [7, 11) is 0.305. The topological polar surface area (TPSA) is 78.7 Å². The summed E-state index contributed by atoms with van der Waals surface area (Å²) in [5, 5.41) is 7.35. The van der Waals surface area contributed by atoms with Gasteiger partial charge in [-0.05, 0) is 26.3 Å². The molecule has 1 aromatic heterocycles. The number of guanidine groups is 1. The number of aromatic nitrogens is 1. The first kappa shape index (κ1) is 25.8. The van der Waals surface area contributed by atoms with Crippen LogP contribution in [0.5, 0.6) is 0 Å². The number of aliphatic imine (C=N–C) groups is 1. The van der Waals surface area contributed by atoms with Gasteiger partial charge in [-0.15, -0.1) is 24.0 Å². The standard InChI is InChI=1S/C15H27Cl2N5O2S.HI/c1-5-18-15(19-8-7-9-21(3)25(23,24)6-2)20-11-12-10-13(16)14(17)22(12)4;/h10H,5-9,11H2,1-4H3,(H2,18,19,20);1H. The Morgan fingerprint density at radius 2 is 1.96 bits per heavy atom. The molecule has 0 aliphatic carbocycles. The average Bonchev–Trinajstić information content (AvgIpc) is 2.83. The SMILES string of the molecule is CCNC(=NCc1cc(Cl)c(Cl)n1C)NCCCN(C)S(=O)(=O)CC.I. The molecule has 152 valence electrons. The molecule has 2 N–H and O–H groups in total. The summed E-state index contributed by atoms with van der Waals surface area (Å²) in [6.45, 7) is 5.86. The Morgan fingerprint density at radius 1 is 1.31 bits per heavy atom. The lowest BCUT2D eigenvalue weighted by Crippen LogP contribution is -2.39. The second kappa shape index (κ2) is 12.3. The van der Waals surface area contributed by atoms with E-state index in [0.717, 1.165) is 12.2 Å². The maximum atomic E-state index is 11.7. The zero-order valence-corrected chi connectivity index (χ0v) is 20.2. The van der Waals surface area contributed by atoms with Gasteiger partial charge in [0.15, 0.2) is 5.96 Å². The van der Waals surface area contributed by atoms with Crippen LogP contribution in [0.2, 0.25) is 10.2 Å².